The monoisotopic (exact) mass is 276 g/mol. The first-order valence-electron chi connectivity index (χ1n) is 5.55. The van der Waals surface area contributed by atoms with Crippen LogP contribution < -0.4 is 0 Å². The summed E-state index contributed by atoms with van der Waals surface area (Å²) in [4.78, 5) is 15.4. The normalized spacial score (nSPS) is 11.0. The van der Waals surface area contributed by atoms with Gasteiger partial charge in [-0.05, 0) is 12.1 Å². The van der Waals surface area contributed by atoms with E-state index in [0.717, 1.165) is 11.3 Å². The van der Waals surface area contributed by atoms with Crippen molar-refractivity contribution in [3.63, 3.8) is 0 Å². The second-order valence-corrected chi connectivity index (χ2v) is 5.12. The number of benzene rings is 1. The van der Waals surface area contributed by atoms with Gasteiger partial charge >= 0.3 is 5.97 Å². The molecule has 3 aromatic rings. The number of hydrogen-bond acceptors (Lipinski definition) is 3. The summed E-state index contributed by atoms with van der Waals surface area (Å²) in [5.41, 5.74) is 0.489. The molecule has 1 aromatic carbocycles. The SMILES string of the molecule is O=C(O)c1sc2cccc(F)c2c1Cn1ccnc1. The first-order chi connectivity index (χ1) is 9.16. The molecule has 0 atom stereocenters. The molecule has 1 N–H and O–H groups in total. The summed E-state index contributed by atoms with van der Waals surface area (Å²) in [7, 11) is 0. The number of carboxylic acid groups (broad SMARTS) is 1. The molecule has 3 rings (SSSR count). The third-order valence-corrected chi connectivity index (χ3v) is 4.04. The van der Waals surface area contributed by atoms with E-state index in [2.05, 4.69) is 4.98 Å². The first-order valence-corrected chi connectivity index (χ1v) is 6.37. The zero-order valence-electron chi connectivity index (χ0n) is 9.71. The molecule has 0 unspecified atom stereocenters. The van der Waals surface area contributed by atoms with Crippen LogP contribution in [0.5, 0.6) is 0 Å². The number of halogens is 1. The molecule has 96 valence electrons. The molecule has 0 aliphatic carbocycles. The average molecular weight is 276 g/mol. The zero-order valence-corrected chi connectivity index (χ0v) is 10.5. The summed E-state index contributed by atoms with van der Waals surface area (Å²) >= 11 is 1.09. The predicted octanol–water partition coefficient (Wildman–Crippen LogP) is 2.98. The number of nitrogens with zero attached hydrogens (tertiary/aromatic N) is 2. The molecular formula is C13H9FN2O2S. The van der Waals surface area contributed by atoms with E-state index in [4.69, 9.17) is 0 Å². The number of carbonyl (C=O) groups is 1. The van der Waals surface area contributed by atoms with Gasteiger partial charge in [-0.3, -0.25) is 0 Å². The van der Waals surface area contributed by atoms with Crippen molar-refractivity contribution >= 4 is 27.4 Å². The van der Waals surface area contributed by atoms with Crippen LogP contribution in [-0.2, 0) is 6.54 Å². The van der Waals surface area contributed by atoms with Gasteiger partial charge in [0.2, 0.25) is 0 Å². The number of imidazole rings is 1. The van der Waals surface area contributed by atoms with Gasteiger partial charge in [-0.25, -0.2) is 14.2 Å². The molecule has 0 aliphatic heterocycles. The lowest BCUT2D eigenvalue weighted by Crippen LogP contribution is -2.03. The quantitative estimate of drug-likeness (QED) is 0.800. The minimum absolute atomic E-state index is 0.175. The fraction of sp³-hybridized carbons (Fsp3) is 0.0769. The Morgan fingerprint density at radius 2 is 2.32 bits per heavy atom. The third kappa shape index (κ3) is 2.00. The Kier molecular flexibility index (Phi) is 2.79. The molecule has 0 aliphatic rings. The average Bonchev–Trinajstić information content (AvgIpc) is 2.98. The Labute approximate surface area is 111 Å². The highest BCUT2D eigenvalue weighted by atomic mass is 32.1. The van der Waals surface area contributed by atoms with Crippen LogP contribution >= 0.6 is 11.3 Å². The molecule has 2 heterocycles. The maximum atomic E-state index is 13.9. The van der Waals surface area contributed by atoms with Gasteiger partial charge in [0, 0.05) is 28.0 Å². The highest BCUT2D eigenvalue weighted by Crippen LogP contribution is 2.33. The molecule has 0 amide bonds. The smallest absolute Gasteiger partial charge is 0.346 e. The van der Waals surface area contributed by atoms with Crippen LogP contribution in [0.25, 0.3) is 10.1 Å². The van der Waals surface area contributed by atoms with Crippen molar-refractivity contribution in [2.24, 2.45) is 0 Å². The van der Waals surface area contributed by atoms with Crippen molar-refractivity contribution in [2.45, 2.75) is 6.54 Å². The number of fused-ring (bicyclic) bond motifs is 1. The zero-order chi connectivity index (χ0) is 13.4. The minimum atomic E-state index is -1.03. The van der Waals surface area contributed by atoms with E-state index in [-0.39, 0.29) is 4.88 Å². The molecule has 6 heteroatoms. The molecule has 0 fully saturated rings. The second kappa shape index (κ2) is 4.47. The van der Waals surface area contributed by atoms with E-state index in [1.54, 1.807) is 35.4 Å². The third-order valence-electron chi connectivity index (χ3n) is 2.86. The van der Waals surface area contributed by atoms with E-state index in [0.29, 0.717) is 22.2 Å². The molecule has 0 saturated heterocycles. The summed E-state index contributed by atoms with van der Waals surface area (Å²) in [6.45, 7) is 0.294. The fourth-order valence-corrected chi connectivity index (χ4v) is 3.12. The summed E-state index contributed by atoms with van der Waals surface area (Å²) in [6.07, 6.45) is 4.90. The molecule has 0 spiro atoms. The molecule has 0 saturated carbocycles. The predicted molar refractivity (Wildman–Crippen MR) is 70.1 cm³/mol. The largest absolute Gasteiger partial charge is 0.477 e. The van der Waals surface area contributed by atoms with Gasteiger partial charge in [0.1, 0.15) is 10.7 Å². The van der Waals surface area contributed by atoms with Gasteiger partial charge in [0.25, 0.3) is 0 Å². The molecular weight excluding hydrogens is 267 g/mol. The number of carboxylic acids is 1. The van der Waals surface area contributed by atoms with E-state index in [9.17, 15) is 14.3 Å². The lowest BCUT2D eigenvalue weighted by molar-refractivity contribution is 0.0701. The number of aromatic carboxylic acids is 1. The first kappa shape index (κ1) is 11.9. The van der Waals surface area contributed by atoms with Gasteiger partial charge in [-0.1, -0.05) is 6.07 Å². The Morgan fingerprint density at radius 3 is 3.00 bits per heavy atom. The molecule has 19 heavy (non-hydrogen) atoms. The van der Waals surface area contributed by atoms with E-state index in [1.165, 1.54) is 6.07 Å². The summed E-state index contributed by atoms with van der Waals surface area (Å²) < 4.78 is 16.3. The standard InChI is InChI=1S/C13H9FN2O2S/c14-9-2-1-3-10-11(9)8(12(19-10)13(17)18)6-16-5-4-15-7-16/h1-5,7H,6H2,(H,17,18). The van der Waals surface area contributed by atoms with Crippen molar-refractivity contribution < 1.29 is 14.3 Å². The van der Waals surface area contributed by atoms with Crippen molar-refractivity contribution in [3.8, 4) is 0 Å². The van der Waals surface area contributed by atoms with Crippen LogP contribution in [0.4, 0.5) is 4.39 Å². The van der Waals surface area contributed by atoms with Gasteiger partial charge < -0.3 is 9.67 Å². The Hall–Kier alpha value is -2.21. The molecule has 0 radical (unpaired) electrons. The number of rotatable bonds is 3. The van der Waals surface area contributed by atoms with Crippen LogP contribution in [0.1, 0.15) is 15.2 Å². The molecule has 0 bridgehead atoms. The highest BCUT2D eigenvalue weighted by molar-refractivity contribution is 7.21. The van der Waals surface area contributed by atoms with Crippen LogP contribution in [0.15, 0.2) is 36.9 Å². The number of thiophene rings is 1. The highest BCUT2D eigenvalue weighted by Gasteiger charge is 2.20. The topological polar surface area (TPSA) is 55.1 Å². The summed E-state index contributed by atoms with van der Waals surface area (Å²) in [5.74, 6) is -1.42. The molecule has 2 aromatic heterocycles. The van der Waals surface area contributed by atoms with Crippen molar-refractivity contribution in [2.75, 3.05) is 0 Å². The van der Waals surface area contributed by atoms with Gasteiger partial charge in [0.15, 0.2) is 0 Å². The van der Waals surface area contributed by atoms with Crippen LogP contribution in [-0.4, -0.2) is 20.6 Å². The van der Waals surface area contributed by atoms with E-state index in [1.807, 2.05) is 0 Å². The van der Waals surface area contributed by atoms with Crippen LogP contribution in [0.2, 0.25) is 0 Å². The summed E-state index contributed by atoms with van der Waals surface area (Å²) in [6, 6.07) is 4.66. The maximum Gasteiger partial charge on any atom is 0.346 e. The molecule has 4 nitrogen and oxygen atoms in total. The summed E-state index contributed by atoms with van der Waals surface area (Å²) in [5, 5.41) is 9.64. The minimum Gasteiger partial charge on any atom is -0.477 e. The lowest BCUT2D eigenvalue weighted by atomic mass is 10.1. The Balaban J connectivity index is 2.24. The van der Waals surface area contributed by atoms with Gasteiger partial charge in [-0.2, -0.15) is 0 Å². The van der Waals surface area contributed by atoms with Gasteiger partial charge in [0.05, 0.1) is 12.9 Å². The van der Waals surface area contributed by atoms with Crippen molar-refractivity contribution in [3.05, 3.63) is 53.2 Å². The van der Waals surface area contributed by atoms with E-state index < -0.39 is 11.8 Å². The second-order valence-electron chi connectivity index (χ2n) is 4.06. The number of hydrogen-bond donors (Lipinski definition) is 1. The maximum absolute atomic E-state index is 13.9. The number of aromatic nitrogens is 2. The Bertz CT molecular complexity index is 749. The van der Waals surface area contributed by atoms with Gasteiger partial charge in [-0.15, -0.1) is 11.3 Å². The van der Waals surface area contributed by atoms with Crippen molar-refractivity contribution in [1.82, 2.24) is 9.55 Å². The lowest BCUT2D eigenvalue weighted by Gasteiger charge is -2.03. The van der Waals surface area contributed by atoms with Crippen molar-refractivity contribution in [1.29, 1.82) is 0 Å². The van der Waals surface area contributed by atoms with Crippen LogP contribution in [0.3, 0.4) is 0 Å². The van der Waals surface area contributed by atoms with Crippen LogP contribution in [0, 0.1) is 5.82 Å². The fourth-order valence-electron chi connectivity index (χ4n) is 2.05. The van der Waals surface area contributed by atoms with E-state index >= 15 is 0 Å². The Morgan fingerprint density at radius 1 is 1.47 bits per heavy atom.